The molecule has 8 rings (SSSR count). The molecule has 55 heavy (non-hydrogen) atoms. The molecule has 4 aliphatic rings. The van der Waals surface area contributed by atoms with Gasteiger partial charge in [-0.05, 0) is 72.9 Å². The van der Waals surface area contributed by atoms with Crippen LogP contribution in [0.25, 0.3) is 0 Å². The summed E-state index contributed by atoms with van der Waals surface area (Å²) >= 11 is 14.3. The maximum absolute atomic E-state index is 15.3. The standard InChI is InChI=1S/C39H26Cl2F5N3O6/c1-55-25-15-17(7-14-24(25)50)27-21-12-13-22-26(35(52)48(34(22)51)20-10-8-19(9-11-20)47-18-5-3-2-4-6-18)23(21)16-38(40)36(53)49(37(54)39(27,38)41)33-31(45)29(43)28(42)30(44)32(33)46/h2-12,14-15,22-23,26-27,47,50H,13,16H2,1H3. The fourth-order valence-corrected chi connectivity index (χ4v) is 9.39. The van der Waals surface area contributed by atoms with Gasteiger partial charge in [0.1, 0.15) is 5.69 Å². The molecule has 16 heteroatoms. The summed E-state index contributed by atoms with van der Waals surface area (Å²) in [5.74, 6) is -22.0. The fraction of sp³-hybridized carbons (Fsp3) is 0.231. The smallest absolute Gasteiger partial charge is 0.258 e. The van der Waals surface area contributed by atoms with E-state index < -0.39 is 98.2 Å². The van der Waals surface area contributed by atoms with E-state index in [1.54, 1.807) is 30.3 Å². The van der Waals surface area contributed by atoms with Crippen LogP contribution < -0.4 is 19.9 Å². The number of alkyl halides is 2. The number of nitrogens with zero attached hydrogens (tertiary/aromatic N) is 2. The number of rotatable bonds is 6. The molecule has 6 atom stereocenters. The van der Waals surface area contributed by atoms with Crippen LogP contribution in [0.3, 0.4) is 0 Å². The number of carbonyl (C=O) groups excluding carboxylic acids is 4. The predicted molar refractivity (Wildman–Crippen MR) is 190 cm³/mol. The van der Waals surface area contributed by atoms with Gasteiger partial charge in [-0.25, -0.2) is 26.9 Å². The number of carbonyl (C=O) groups is 4. The van der Waals surface area contributed by atoms with Crippen molar-refractivity contribution in [1.82, 2.24) is 0 Å². The first kappa shape index (κ1) is 36.5. The second-order valence-electron chi connectivity index (χ2n) is 13.7. The molecule has 0 bridgehead atoms. The molecule has 9 nitrogen and oxygen atoms in total. The number of benzene rings is 4. The molecule has 4 aromatic carbocycles. The molecule has 2 aliphatic heterocycles. The van der Waals surface area contributed by atoms with Crippen LogP contribution in [0.1, 0.15) is 24.3 Å². The van der Waals surface area contributed by atoms with E-state index >= 15 is 8.78 Å². The minimum absolute atomic E-state index is 0.0390. The summed E-state index contributed by atoms with van der Waals surface area (Å²) in [6, 6.07) is 19.5. The third kappa shape index (κ3) is 5.03. The van der Waals surface area contributed by atoms with Crippen LogP contribution in [0, 0.1) is 46.8 Å². The first-order chi connectivity index (χ1) is 26.1. The zero-order valence-corrected chi connectivity index (χ0v) is 29.8. The van der Waals surface area contributed by atoms with Gasteiger partial charge in [-0.15, -0.1) is 23.2 Å². The lowest BCUT2D eigenvalue weighted by Gasteiger charge is -2.50. The number of methoxy groups -OCH3 is 1. The lowest BCUT2D eigenvalue weighted by molar-refractivity contribution is -0.125. The van der Waals surface area contributed by atoms with Crippen LogP contribution in [0.2, 0.25) is 0 Å². The van der Waals surface area contributed by atoms with Gasteiger partial charge in [0, 0.05) is 17.3 Å². The Hall–Kier alpha value is -5.47. The lowest BCUT2D eigenvalue weighted by Crippen LogP contribution is -2.60. The third-order valence-electron chi connectivity index (χ3n) is 10.9. The highest BCUT2D eigenvalue weighted by Crippen LogP contribution is 2.66. The number of phenolic OH excluding ortho intramolecular Hbond substituents is 1. The van der Waals surface area contributed by atoms with E-state index in [1.807, 2.05) is 30.3 Å². The molecule has 2 aliphatic carbocycles. The number of halogens is 7. The van der Waals surface area contributed by atoms with Crippen LogP contribution in [0.5, 0.6) is 11.5 Å². The summed E-state index contributed by atoms with van der Waals surface area (Å²) in [7, 11) is 1.23. The van der Waals surface area contributed by atoms with Gasteiger partial charge in [0.05, 0.1) is 24.6 Å². The molecule has 6 unspecified atom stereocenters. The van der Waals surface area contributed by atoms with Gasteiger partial charge in [0.2, 0.25) is 17.6 Å². The zero-order chi connectivity index (χ0) is 39.3. The summed E-state index contributed by atoms with van der Waals surface area (Å²) in [5, 5.41) is 13.6. The number of amides is 4. The summed E-state index contributed by atoms with van der Waals surface area (Å²) in [4.78, 5) is 52.6. The average Bonchev–Trinajstić information content (AvgIpc) is 3.52. The van der Waals surface area contributed by atoms with Gasteiger partial charge in [0.25, 0.3) is 11.8 Å². The molecule has 2 N–H and O–H groups in total. The maximum Gasteiger partial charge on any atom is 0.258 e. The van der Waals surface area contributed by atoms with E-state index in [-0.39, 0.29) is 39.6 Å². The normalized spacial score (nSPS) is 27.2. The number of nitrogens with one attached hydrogen (secondary N) is 1. The van der Waals surface area contributed by atoms with Crippen molar-refractivity contribution < 1.29 is 51.0 Å². The minimum atomic E-state index is -2.71. The first-order valence-corrected chi connectivity index (χ1v) is 17.6. The van der Waals surface area contributed by atoms with Crippen LogP contribution >= 0.6 is 23.2 Å². The lowest BCUT2D eigenvalue weighted by atomic mass is 9.56. The predicted octanol–water partition coefficient (Wildman–Crippen LogP) is 7.61. The number of imide groups is 2. The van der Waals surface area contributed by atoms with Crippen molar-refractivity contribution in [3.63, 3.8) is 0 Å². The van der Waals surface area contributed by atoms with Crippen molar-refractivity contribution in [3.8, 4) is 11.5 Å². The Kier molecular flexibility index (Phi) is 8.50. The second kappa shape index (κ2) is 12.8. The SMILES string of the molecule is COc1cc(C2C3=CCC4C(=O)N(c5ccc(Nc6ccccc6)cc5)C(=O)C4C3CC3(Cl)C(=O)N(c4c(F)c(F)c(F)c(F)c4F)C(=O)C23Cl)ccc1O. The number of hydrogen-bond acceptors (Lipinski definition) is 7. The van der Waals surface area contributed by atoms with E-state index in [4.69, 9.17) is 27.9 Å². The van der Waals surface area contributed by atoms with Crippen LogP contribution in [-0.2, 0) is 19.2 Å². The van der Waals surface area contributed by atoms with Gasteiger partial charge < -0.3 is 15.2 Å². The molecular weight excluding hydrogens is 772 g/mol. The Morgan fingerprint density at radius 1 is 0.764 bits per heavy atom. The Labute approximate surface area is 318 Å². The van der Waals surface area contributed by atoms with E-state index in [0.29, 0.717) is 5.69 Å². The Morgan fingerprint density at radius 2 is 1.38 bits per heavy atom. The number of aromatic hydroxyl groups is 1. The number of allylic oxidation sites excluding steroid dienone is 2. The highest BCUT2D eigenvalue weighted by molar-refractivity contribution is 6.58. The van der Waals surface area contributed by atoms with Crippen molar-refractivity contribution in [2.75, 3.05) is 22.2 Å². The van der Waals surface area contributed by atoms with Crippen molar-refractivity contribution in [2.45, 2.75) is 28.5 Å². The number of phenols is 1. The highest BCUT2D eigenvalue weighted by atomic mass is 35.5. The summed E-state index contributed by atoms with van der Waals surface area (Å²) < 4.78 is 78.9. The number of fused-ring (bicyclic) bond motifs is 4. The molecule has 0 radical (unpaired) electrons. The van der Waals surface area contributed by atoms with E-state index in [1.165, 1.54) is 25.3 Å². The van der Waals surface area contributed by atoms with Crippen LogP contribution in [-0.4, -0.2) is 45.6 Å². The highest BCUT2D eigenvalue weighted by Gasteiger charge is 2.77. The van der Waals surface area contributed by atoms with Crippen molar-refractivity contribution in [3.05, 3.63) is 119 Å². The topological polar surface area (TPSA) is 116 Å². The van der Waals surface area contributed by atoms with Gasteiger partial charge in [-0.3, -0.25) is 24.1 Å². The fourth-order valence-electron chi connectivity index (χ4n) is 8.45. The van der Waals surface area contributed by atoms with Crippen LogP contribution in [0.15, 0.2) is 84.4 Å². The number of hydrogen-bond donors (Lipinski definition) is 2. The van der Waals surface area contributed by atoms with E-state index in [0.717, 1.165) is 10.6 Å². The quantitative estimate of drug-likeness (QED) is 0.0516. The molecule has 282 valence electrons. The summed E-state index contributed by atoms with van der Waals surface area (Å²) in [6.45, 7) is 0. The Morgan fingerprint density at radius 3 is 2.02 bits per heavy atom. The minimum Gasteiger partial charge on any atom is -0.504 e. The second-order valence-corrected chi connectivity index (χ2v) is 14.9. The van der Waals surface area contributed by atoms with Gasteiger partial charge in [0.15, 0.2) is 44.5 Å². The molecule has 4 amide bonds. The van der Waals surface area contributed by atoms with Gasteiger partial charge in [-0.2, -0.15) is 0 Å². The monoisotopic (exact) mass is 797 g/mol. The van der Waals surface area contributed by atoms with Gasteiger partial charge >= 0.3 is 0 Å². The molecule has 2 saturated heterocycles. The van der Waals surface area contributed by atoms with E-state index in [2.05, 4.69) is 5.32 Å². The molecule has 1 saturated carbocycles. The van der Waals surface area contributed by atoms with Crippen LogP contribution in [0.4, 0.5) is 44.7 Å². The van der Waals surface area contributed by atoms with Crippen molar-refractivity contribution in [2.24, 2.45) is 17.8 Å². The van der Waals surface area contributed by atoms with E-state index in [9.17, 15) is 37.5 Å². The average molecular weight is 799 g/mol. The van der Waals surface area contributed by atoms with Crippen molar-refractivity contribution in [1.29, 1.82) is 0 Å². The maximum atomic E-state index is 15.3. The molecule has 4 aromatic rings. The third-order valence-corrected chi connectivity index (χ3v) is 12.4. The molecular formula is C39H26Cl2F5N3O6. The summed E-state index contributed by atoms with van der Waals surface area (Å²) in [6.07, 6.45) is 0.888. The summed E-state index contributed by atoms with van der Waals surface area (Å²) in [5.41, 5.74) is 0.180. The number of ether oxygens (including phenoxy) is 1. The largest absolute Gasteiger partial charge is 0.504 e. The van der Waals surface area contributed by atoms with Crippen molar-refractivity contribution >= 4 is 69.6 Å². The molecule has 2 heterocycles. The Bertz CT molecular complexity index is 2350. The van der Waals surface area contributed by atoms with Gasteiger partial charge in [-0.1, -0.05) is 35.9 Å². The molecule has 0 spiro atoms. The molecule has 3 fully saturated rings. The Balaban J connectivity index is 1.24. The number of para-hydroxylation sites is 1. The zero-order valence-electron chi connectivity index (χ0n) is 28.3. The first-order valence-electron chi connectivity index (χ1n) is 16.8. The number of anilines is 4. The molecule has 0 aromatic heterocycles.